The van der Waals surface area contributed by atoms with Crippen LogP contribution in [0.3, 0.4) is 0 Å². The van der Waals surface area contributed by atoms with Gasteiger partial charge in [0.2, 0.25) is 11.8 Å². The predicted molar refractivity (Wildman–Crippen MR) is 117 cm³/mol. The molecule has 1 fully saturated rings. The number of nitrogens with zero attached hydrogens (tertiary/aromatic N) is 3. The number of ether oxygens (including phenoxy) is 1. The summed E-state index contributed by atoms with van der Waals surface area (Å²) in [5.41, 5.74) is -3.38. The minimum absolute atomic E-state index is 0.00480. The standard InChI is InChI=1S/C24H26F3N3O5/c1-13(5-4-6-17(31)32)29-11-22(2)18-19(23(3,12-29)35-22)21(34)30(20(18)33)15-8-7-14(10-28)16(9-15)24(25,26)27/h7-9,13,33-34H,4-6,11-12H2,1-3H3,(H,31,32). The highest BCUT2D eigenvalue weighted by atomic mass is 19.4. The van der Waals surface area contributed by atoms with E-state index in [4.69, 9.17) is 15.1 Å². The van der Waals surface area contributed by atoms with Crippen molar-refractivity contribution in [2.45, 2.75) is 63.5 Å². The van der Waals surface area contributed by atoms with Gasteiger partial charge in [0.05, 0.1) is 34.0 Å². The zero-order chi connectivity index (χ0) is 25.9. The molecule has 3 atom stereocenters. The molecule has 0 radical (unpaired) electrons. The van der Waals surface area contributed by atoms with Gasteiger partial charge in [-0.15, -0.1) is 0 Å². The summed E-state index contributed by atoms with van der Waals surface area (Å²) in [7, 11) is 0. The Kier molecular flexibility index (Phi) is 5.81. The van der Waals surface area contributed by atoms with Crippen LogP contribution in [0.4, 0.5) is 13.2 Å². The van der Waals surface area contributed by atoms with Crippen molar-refractivity contribution in [2.75, 3.05) is 13.1 Å². The van der Waals surface area contributed by atoms with Gasteiger partial charge in [0.15, 0.2) is 0 Å². The number of hydrogen-bond acceptors (Lipinski definition) is 6. The summed E-state index contributed by atoms with van der Waals surface area (Å²) < 4.78 is 47.8. The number of fused-ring (bicyclic) bond motifs is 5. The Labute approximate surface area is 199 Å². The number of carbonyl (C=O) groups is 1. The molecule has 0 spiro atoms. The second kappa shape index (κ2) is 8.17. The summed E-state index contributed by atoms with van der Waals surface area (Å²) in [6, 6.07) is 4.49. The summed E-state index contributed by atoms with van der Waals surface area (Å²) in [6.45, 7) is 6.14. The molecule has 35 heavy (non-hydrogen) atoms. The minimum Gasteiger partial charge on any atom is -0.494 e. The van der Waals surface area contributed by atoms with Crippen LogP contribution >= 0.6 is 0 Å². The van der Waals surface area contributed by atoms with Crippen molar-refractivity contribution in [3.63, 3.8) is 0 Å². The molecule has 0 aliphatic carbocycles. The number of aromatic hydroxyl groups is 2. The van der Waals surface area contributed by atoms with E-state index in [-0.39, 0.29) is 18.2 Å². The first kappa shape index (κ1) is 24.9. The van der Waals surface area contributed by atoms with E-state index in [1.54, 1.807) is 13.8 Å². The van der Waals surface area contributed by atoms with E-state index in [9.17, 15) is 28.2 Å². The van der Waals surface area contributed by atoms with Gasteiger partial charge in [-0.3, -0.25) is 14.3 Å². The highest BCUT2D eigenvalue weighted by Gasteiger charge is 2.59. The second-order valence-corrected chi connectivity index (χ2v) is 9.68. The molecule has 11 heteroatoms. The summed E-state index contributed by atoms with van der Waals surface area (Å²) in [5.74, 6) is -1.72. The maximum atomic E-state index is 13.5. The number of hydrogen-bond donors (Lipinski definition) is 3. The van der Waals surface area contributed by atoms with Crippen molar-refractivity contribution in [1.82, 2.24) is 9.47 Å². The Bertz CT molecular complexity index is 1190. The van der Waals surface area contributed by atoms with Gasteiger partial charge in [0.1, 0.15) is 11.2 Å². The Morgan fingerprint density at radius 3 is 2.26 bits per heavy atom. The number of aliphatic carboxylic acids is 1. The molecule has 3 N–H and O–H groups in total. The minimum atomic E-state index is -4.79. The van der Waals surface area contributed by atoms with E-state index in [1.165, 1.54) is 12.1 Å². The third kappa shape index (κ3) is 4.00. The molecule has 0 amide bonds. The average molecular weight is 493 g/mol. The molecule has 2 bridgehead atoms. The molecule has 2 aromatic rings. The third-order valence-electron chi connectivity index (χ3n) is 6.96. The van der Waals surface area contributed by atoms with Gasteiger partial charge in [0.25, 0.3) is 0 Å². The maximum Gasteiger partial charge on any atom is 0.417 e. The van der Waals surface area contributed by atoms with E-state index >= 15 is 0 Å². The fourth-order valence-electron chi connectivity index (χ4n) is 5.49. The largest absolute Gasteiger partial charge is 0.494 e. The van der Waals surface area contributed by atoms with Gasteiger partial charge >= 0.3 is 12.1 Å². The molecule has 8 nitrogen and oxygen atoms in total. The molecule has 1 aromatic heterocycles. The van der Waals surface area contributed by atoms with Crippen LogP contribution in [0.15, 0.2) is 18.2 Å². The number of benzene rings is 1. The Morgan fingerprint density at radius 2 is 1.77 bits per heavy atom. The molecule has 1 saturated heterocycles. The van der Waals surface area contributed by atoms with E-state index in [1.807, 2.05) is 6.92 Å². The lowest BCUT2D eigenvalue weighted by Gasteiger charge is -2.46. The first-order chi connectivity index (χ1) is 16.2. The fraction of sp³-hybridized carbons (Fsp3) is 0.500. The molecule has 0 saturated carbocycles. The first-order valence-electron chi connectivity index (χ1n) is 11.2. The van der Waals surface area contributed by atoms with Crippen LogP contribution in [-0.2, 0) is 26.9 Å². The van der Waals surface area contributed by atoms with E-state index in [0.29, 0.717) is 37.1 Å². The second-order valence-electron chi connectivity index (χ2n) is 9.68. The average Bonchev–Trinajstić information content (AvgIpc) is 3.12. The van der Waals surface area contributed by atoms with Gasteiger partial charge in [-0.2, -0.15) is 18.4 Å². The van der Waals surface area contributed by atoms with Gasteiger partial charge in [-0.1, -0.05) is 0 Å². The number of rotatable bonds is 6. The van der Waals surface area contributed by atoms with Gasteiger partial charge in [0, 0.05) is 25.6 Å². The summed E-state index contributed by atoms with van der Waals surface area (Å²) >= 11 is 0. The zero-order valence-electron chi connectivity index (χ0n) is 19.5. The number of aromatic nitrogens is 1. The van der Waals surface area contributed by atoms with Crippen LogP contribution in [-0.4, -0.2) is 49.9 Å². The lowest BCUT2D eigenvalue weighted by atomic mass is 9.94. The number of carboxylic acid groups (broad SMARTS) is 1. The van der Waals surface area contributed by atoms with E-state index in [2.05, 4.69) is 4.90 Å². The molecule has 3 heterocycles. The summed E-state index contributed by atoms with van der Waals surface area (Å²) in [5, 5.41) is 40.3. The monoisotopic (exact) mass is 493 g/mol. The van der Waals surface area contributed by atoms with Gasteiger partial charge < -0.3 is 20.1 Å². The summed E-state index contributed by atoms with van der Waals surface area (Å²) in [4.78, 5) is 13.0. The van der Waals surface area contributed by atoms with Crippen LogP contribution in [0.1, 0.15) is 62.3 Å². The molecule has 2 aliphatic heterocycles. The van der Waals surface area contributed by atoms with Crippen molar-refractivity contribution >= 4 is 5.97 Å². The van der Waals surface area contributed by atoms with Crippen molar-refractivity contribution in [3.05, 3.63) is 40.5 Å². The number of carboxylic acids is 1. The van der Waals surface area contributed by atoms with E-state index < -0.39 is 46.2 Å². The quantitative estimate of drug-likeness (QED) is 0.552. The Hall–Kier alpha value is -3.23. The van der Waals surface area contributed by atoms with Crippen molar-refractivity contribution in [1.29, 1.82) is 5.26 Å². The van der Waals surface area contributed by atoms with Crippen molar-refractivity contribution < 1.29 is 38.0 Å². The van der Waals surface area contributed by atoms with E-state index in [0.717, 1.165) is 16.7 Å². The summed E-state index contributed by atoms with van der Waals surface area (Å²) in [6.07, 6.45) is -3.61. The number of nitriles is 1. The van der Waals surface area contributed by atoms with Crippen molar-refractivity contribution in [3.8, 4) is 23.5 Å². The normalized spacial score (nSPS) is 24.7. The SMILES string of the molecule is CC(CCCC(=O)O)N1CC2(C)OC(C)(C1)c1c2c(O)n(-c2ccc(C#N)c(C(F)(F)F)c2)c1O. The fourth-order valence-corrected chi connectivity index (χ4v) is 5.49. The molecule has 4 rings (SSSR count). The number of halogens is 3. The highest BCUT2D eigenvalue weighted by Crippen LogP contribution is 2.59. The predicted octanol–water partition coefficient (Wildman–Crippen LogP) is 4.20. The Balaban J connectivity index is 1.74. The lowest BCUT2D eigenvalue weighted by Crippen LogP contribution is -2.54. The van der Waals surface area contributed by atoms with Crippen LogP contribution in [0.5, 0.6) is 11.8 Å². The molecule has 2 aliphatic rings. The smallest absolute Gasteiger partial charge is 0.417 e. The first-order valence-corrected chi connectivity index (χ1v) is 11.2. The van der Waals surface area contributed by atoms with Crippen LogP contribution < -0.4 is 0 Å². The number of morpholine rings is 1. The molecule has 1 aromatic carbocycles. The number of alkyl halides is 3. The lowest BCUT2D eigenvalue weighted by molar-refractivity contribution is -0.193. The molecular weight excluding hydrogens is 467 g/mol. The van der Waals surface area contributed by atoms with Crippen LogP contribution in [0.25, 0.3) is 5.69 Å². The van der Waals surface area contributed by atoms with Gasteiger partial charge in [-0.25, -0.2) is 0 Å². The highest BCUT2D eigenvalue weighted by molar-refractivity contribution is 5.66. The molecular formula is C24H26F3N3O5. The third-order valence-corrected chi connectivity index (χ3v) is 6.96. The molecule has 3 unspecified atom stereocenters. The van der Waals surface area contributed by atoms with Crippen LogP contribution in [0, 0.1) is 11.3 Å². The molecule has 188 valence electrons. The zero-order valence-corrected chi connectivity index (χ0v) is 19.5. The van der Waals surface area contributed by atoms with Crippen LogP contribution in [0.2, 0.25) is 0 Å². The Morgan fingerprint density at radius 1 is 1.20 bits per heavy atom. The van der Waals surface area contributed by atoms with Crippen molar-refractivity contribution in [2.24, 2.45) is 0 Å². The topological polar surface area (TPSA) is 119 Å². The maximum absolute atomic E-state index is 13.5. The van der Waals surface area contributed by atoms with Gasteiger partial charge in [-0.05, 0) is 51.8 Å².